The van der Waals surface area contributed by atoms with E-state index in [-0.39, 0.29) is 16.3 Å². The predicted octanol–water partition coefficient (Wildman–Crippen LogP) is 1.84. The Balaban J connectivity index is 2.39. The van der Waals surface area contributed by atoms with E-state index in [0.29, 0.717) is 4.47 Å². The zero-order chi connectivity index (χ0) is 13.2. The van der Waals surface area contributed by atoms with E-state index >= 15 is 0 Å². The lowest BCUT2D eigenvalue weighted by Crippen LogP contribution is -2.14. The van der Waals surface area contributed by atoms with E-state index in [1.807, 2.05) is 6.07 Å². The highest BCUT2D eigenvalue weighted by Gasteiger charge is 2.17. The molecule has 0 fully saturated rings. The minimum Gasteiger partial charge on any atom is -0.334 e. The third-order valence-electron chi connectivity index (χ3n) is 2.11. The number of nitriles is 1. The topological polar surface area (TPSA) is 98.6 Å². The summed E-state index contributed by atoms with van der Waals surface area (Å²) < 4.78 is 26.8. The summed E-state index contributed by atoms with van der Waals surface area (Å²) in [5.74, 6) is 0. The first kappa shape index (κ1) is 12.6. The normalized spacial score (nSPS) is 10.9. The van der Waals surface area contributed by atoms with E-state index in [1.165, 1.54) is 24.7 Å². The maximum Gasteiger partial charge on any atom is 0.279 e. The number of nitrogens with zero attached hydrogens (tertiary/aromatic N) is 2. The fourth-order valence-electron chi connectivity index (χ4n) is 1.29. The molecule has 0 amide bonds. The van der Waals surface area contributed by atoms with E-state index < -0.39 is 10.0 Å². The van der Waals surface area contributed by atoms with E-state index in [4.69, 9.17) is 5.26 Å². The summed E-state index contributed by atoms with van der Waals surface area (Å²) in [5.41, 5.74) is 0.447. The number of rotatable bonds is 3. The molecule has 1 aromatic heterocycles. The quantitative estimate of drug-likeness (QED) is 0.898. The fraction of sp³-hybridized carbons (Fsp3) is 0. The maximum atomic E-state index is 11.9. The van der Waals surface area contributed by atoms with Crippen molar-refractivity contribution in [1.82, 2.24) is 9.97 Å². The molecule has 0 aliphatic heterocycles. The van der Waals surface area contributed by atoms with Gasteiger partial charge in [0.05, 0.1) is 23.8 Å². The van der Waals surface area contributed by atoms with Crippen LogP contribution in [-0.4, -0.2) is 18.4 Å². The van der Waals surface area contributed by atoms with Crippen LogP contribution in [0, 0.1) is 11.3 Å². The third kappa shape index (κ3) is 2.52. The van der Waals surface area contributed by atoms with Gasteiger partial charge in [0.1, 0.15) is 6.07 Å². The molecule has 2 aromatic rings. The zero-order valence-electron chi connectivity index (χ0n) is 8.88. The number of hydrogen-bond donors (Lipinski definition) is 2. The van der Waals surface area contributed by atoms with Crippen LogP contribution < -0.4 is 4.72 Å². The minimum atomic E-state index is -3.75. The number of hydrogen-bond acceptors (Lipinski definition) is 4. The number of aromatic amines is 1. The monoisotopic (exact) mass is 326 g/mol. The first-order valence-corrected chi connectivity index (χ1v) is 7.01. The molecule has 0 radical (unpaired) electrons. The molecule has 2 rings (SSSR count). The molecule has 0 spiro atoms. The molecule has 0 saturated carbocycles. The largest absolute Gasteiger partial charge is 0.334 e. The SMILES string of the molecule is N#Cc1cc(Br)ccc1NS(=O)(=O)c1cnc[nH]1. The van der Waals surface area contributed by atoms with Gasteiger partial charge in [-0.05, 0) is 18.2 Å². The standard InChI is InChI=1S/C10H7BrN4O2S/c11-8-1-2-9(7(3-8)4-12)15-18(16,17)10-5-13-6-14-10/h1-3,5-6,15H,(H,13,14). The Hall–Kier alpha value is -1.85. The van der Waals surface area contributed by atoms with E-state index in [0.717, 1.165) is 0 Å². The summed E-state index contributed by atoms with van der Waals surface area (Å²) in [6.07, 6.45) is 2.45. The van der Waals surface area contributed by atoms with Gasteiger partial charge in [-0.1, -0.05) is 15.9 Å². The van der Waals surface area contributed by atoms with Crippen LogP contribution in [-0.2, 0) is 10.0 Å². The summed E-state index contributed by atoms with van der Waals surface area (Å²) in [6.45, 7) is 0. The Labute approximate surface area is 112 Å². The lowest BCUT2D eigenvalue weighted by atomic mass is 10.2. The summed E-state index contributed by atoms with van der Waals surface area (Å²) in [4.78, 5) is 6.13. The molecule has 8 heteroatoms. The molecule has 0 unspecified atom stereocenters. The number of sulfonamides is 1. The Morgan fingerprint density at radius 1 is 1.44 bits per heavy atom. The predicted molar refractivity (Wildman–Crippen MR) is 68.3 cm³/mol. The summed E-state index contributed by atoms with van der Waals surface area (Å²) in [6, 6.07) is 6.61. The Morgan fingerprint density at radius 3 is 2.83 bits per heavy atom. The van der Waals surface area contributed by atoms with Crippen molar-refractivity contribution in [3.8, 4) is 6.07 Å². The summed E-state index contributed by atoms with van der Waals surface area (Å²) >= 11 is 3.21. The molecular weight excluding hydrogens is 320 g/mol. The highest BCUT2D eigenvalue weighted by molar-refractivity contribution is 9.10. The van der Waals surface area contributed by atoms with Crippen molar-refractivity contribution in [3.63, 3.8) is 0 Å². The molecule has 92 valence electrons. The van der Waals surface area contributed by atoms with Crippen molar-refractivity contribution in [2.24, 2.45) is 0 Å². The van der Waals surface area contributed by atoms with Gasteiger partial charge in [0.15, 0.2) is 5.03 Å². The number of anilines is 1. The van der Waals surface area contributed by atoms with E-state index in [2.05, 4.69) is 30.6 Å². The summed E-state index contributed by atoms with van der Waals surface area (Å²) in [7, 11) is -3.75. The molecule has 0 atom stereocenters. The number of halogens is 1. The first-order chi connectivity index (χ1) is 8.53. The average Bonchev–Trinajstić information content (AvgIpc) is 2.85. The van der Waals surface area contributed by atoms with Crippen LogP contribution in [0.2, 0.25) is 0 Å². The molecule has 2 N–H and O–H groups in total. The Morgan fingerprint density at radius 2 is 2.22 bits per heavy atom. The van der Waals surface area contributed by atoms with Gasteiger partial charge in [-0.2, -0.15) is 13.7 Å². The van der Waals surface area contributed by atoms with Crippen molar-refractivity contribution in [2.75, 3.05) is 4.72 Å². The van der Waals surface area contributed by atoms with Gasteiger partial charge in [0.2, 0.25) is 0 Å². The number of nitrogens with one attached hydrogen (secondary N) is 2. The second-order valence-electron chi connectivity index (χ2n) is 3.32. The van der Waals surface area contributed by atoms with Crippen LogP contribution in [0.3, 0.4) is 0 Å². The molecule has 0 bridgehead atoms. The average molecular weight is 327 g/mol. The Kier molecular flexibility index (Phi) is 3.36. The van der Waals surface area contributed by atoms with Gasteiger partial charge in [-0.25, -0.2) is 4.98 Å². The van der Waals surface area contributed by atoms with Gasteiger partial charge in [-0.15, -0.1) is 0 Å². The van der Waals surface area contributed by atoms with Gasteiger partial charge in [0, 0.05) is 4.47 Å². The zero-order valence-corrected chi connectivity index (χ0v) is 11.3. The Bertz CT molecular complexity index is 704. The fourth-order valence-corrected chi connectivity index (χ4v) is 2.63. The smallest absolute Gasteiger partial charge is 0.279 e. The van der Waals surface area contributed by atoms with Crippen LogP contribution in [0.4, 0.5) is 5.69 Å². The number of aromatic nitrogens is 2. The molecule has 6 nitrogen and oxygen atoms in total. The second kappa shape index (κ2) is 4.80. The molecular formula is C10H7BrN4O2S. The van der Waals surface area contributed by atoms with Crippen LogP contribution in [0.25, 0.3) is 0 Å². The van der Waals surface area contributed by atoms with Gasteiger partial charge >= 0.3 is 0 Å². The summed E-state index contributed by atoms with van der Waals surface area (Å²) in [5, 5.41) is 8.88. The first-order valence-electron chi connectivity index (χ1n) is 4.74. The number of H-pyrrole nitrogens is 1. The molecule has 18 heavy (non-hydrogen) atoms. The minimum absolute atomic E-state index is 0.0608. The van der Waals surface area contributed by atoms with Crippen LogP contribution in [0.5, 0.6) is 0 Å². The van der Waals surface area contributed by atoms with Crippen molar-refractivity contribution in [3.05, 3.63) is 40.8 Å². The van der Waals surface area contributed by atoms with E-state index in [9.17, 15) is 8.42 Å². The van der Waals surface area contributed by atoms with Crippen molar-refractivity contribution in [2.45, 2.75) is 5.03 Å². The lowest BCUT2D eigenvalue weighted by molar-refractivity contribution is 0.598. The third-order valence-corrected chi connectivity index (χ3v) is 3.89. The molecule has 0 saturated heterocycles. The molecule has 1 heterocycles. The van der Waals surface area contributed by atoms with Gasteiger partial charge < -0.3 is 4.98 Å². The second-order valence-corrected chi connectivity index (χ2v) is 5.89. The van der Waals surface area contributed by atoms with Crippen molar-refractivity contribution >= 4 is 31.6 Å². The lowest BCUT2D eigenvalue weighted by Gasteiger charge is -2.07. The van der Waals surface area contributed by atoms with Crippen LogP contribution in [0.1, 0.15) is 5.56 Å². The van der Waals surface area contributed by atoms with Crippen molar-refractivity contribution in [1.29, 1.82) is 5.26 Å². The molecule has 1 aromatic carbocycles. The van der Waals surface area contributed by atoms with Crippen LogP contribution in [0.15, 0.2) is 40.2 Å². The van der Waals surface area contributed by atoms with Crippen LogP contribution >= 0.6 is 15.9 Å². The molecule has 0 aliphatic rings. The number of benzene rings is 1. The molecule has 0 aliphatic carbocycles. The highest BCUT2D eigenvalue weighted by Crippen LogP contribution is 2.22. The highest BCUT2D eigenvalue weighted by atomic mass is 79.9. The van der Waals surface area contributed by atoms with Gasteiger partial charge in [0.25, 0.3) is 10.0 Å². The van der Waals surface area contributed by atoms with Gasteiger partial charge in [-0.3, -0.25) is 4.72 Å². The maximum absolute atomic E-state index is 11.9. The van der Waals surface area contributed by atoms with Crippen molar-refractivity contribution < 1.29 is 8.42 Å². The number of imidazole rings is 1. The van der Waals surface area contributed by atoms with E-state index in [1.54, 1.807) is 6.07 Å².